The number of para-hydroxylation sites is 2. The van der Waals surface area contributed by atoms with Crippen molar-refractivity contribution >= 4 is 39.0 Å². The molecule has 0 spiro atoms. The molecule has 0 fully saturated rings. The van der Waals surface area contributed by atoms with Crippen molar-refractivity contribution in [3.05, 3.63) is 81.6 Å². The van der Waals surface area contributed by atoms with Crippen LogP contribution in [0.15, 0.2) is 59.9 Å². The molecule has 35 heavy (non-hydrogen) atoms. The Morgan fingerprint density at radius 3 is 2.54 bits per heavy atom. The van der Waals surface area contributed by atoms with Crippen LogP contribution in [0.4, 0.5) is 0 Å². The van der Waals surface area contributed by atoms with E-state index in [9.17, 15) is 14.7 Å². The number of rotatable bonds is 7. The first-order valence-electron chi connectivity index (χ1n) is 11.6. The smallest absolute Gasteiger partial charge is 0.290 e. The lowest BCUT2D eigenvalue weighted by atomic mass is 9.94. The van der Waals surface area contributed by atoms with Crippen molar-refractivity contribution in [3.63, 3.8) is 0 Å². The maximum atomic E-state index is 14.0. The molecule has 8 heteroatoms. The van der Waals surface area contributed by atoms with Crippen LogP contribution in [-0.2, 0) is 4.79 Å². The van der Waals surface area contributed by atoms with Crippen LogP contribution in [0.3, 0.4) is 0 Å². The molecular formula is C27H28N4O3S. The second-order valence-electron chi connectivity index (χ2n) is 9.30. The van der Waals surface area contributed by atoms with Gasteiger partial charge in [0.15, 0.2) is 10.7 Å². The summed E-state index contributed by atoms with van der Waals surface area (Å²) in [5.74, 6) is -1.28. The Labute approximate surface area is 207 Å². The second kappa shape index (κ2) is 8.94. The van der Waals surface area contributed by atoms with Crippen molar-refractivity contribution < 1.29 is 14.7 Å². The summed E-state index contributed by atoms with van der Waals surface area (Å²) in [6.07, 6.45) is 0.730. The third kappa shape index (κ3) is 3.92. The number of aliphatic hydroxyl groups is 1. The molecule has 0 aliphatic carbocycles. The lowest BCUT2D eigenvalue weighted by molar-refractivity contribution is -0.129. The van der Waals surface area contributed by atoms with Gasteiger partial charge in [0.25, 0.3) is 5.91 Å². The zero-order valence-corrected chi connectivity index (χ0v) is 21.1. The fourth-order valence-corrected chi connectivity index (χ4v) is 5.86. The second-order valence-corrected chi connectivity index (χ2v) is 10.3. The number of Topliss-reactive ketones (excluding diaryl/α,β-unsaturated/α-hetero) is 1. The number of amides is 1. The van der Waals surface area contributed by atoms with E-state index < -0.39 is 17.7 Å². The van der Waals surface area contributed by atoms with Gasteiger partial charge in [0.2, 0.25) is 5.78 Å². The van der Waals surface area contributed by atoms with Crippen LogP contribution in [-0.4, -0.2) is 63.2 Å². The molecular weight excluding hydrogens is 460 g/mol. The zero-order chi connectivity index (χ0) is 24.9. The molecule has 4 aromatic rings. The summed E-state index contributed by atoms with van der Waals surface area (Å²) in [5, 5.41) is 11.0. The molecule has 0 saturated carbocycles. The Bertz CT molecular complexity index is 1480. The summed E-state index contributed by atoms with van der Waals surface area (Å²) in [5.41, 5.74) is 4.58. The van der Waals surface area contributed by atoms with Gasteiger partial charge in [-0.3, -0.25) is 14.0 Å². The molecule has 2 aromatic carbocycles. The zero-order valence-electron chi connectivity index (χ0n) is 20.3. The predicted octanol–water partition coefficient (Wildman–Crippen LogP) is 4.70. The van der Waals surface area contributed by atoms with Crippen LogP contribution in [0.2, 0.25) is 0 Å². The summed E-state index contributed by atoms with van der Waals surface area (Å²) in [7, 11) is 3.96. The largest absolute Gasteiger partial charge is 0.503 e. The first-order chi connectivity index (χ1) is 16.8. The Kier molecular flexibility index (Phi) is 5.94. The summed E-state index contributed by atoms with van der Waals surface area (Å²) in [4.78, 5) is 36.7. The van der Waals surface area contributed by atoms with E-state index in [1.165, 1.54) is 11.3 Å². The van der Waals surface area contributed by atoms with E-state index in [-0.39, 0.29) is 11.4 Å². The monoisotopic (exact) mass is 488 g/mol. The van der Waals surface area contributed by atoms with E-state index in [2.05, 4.69) is 9.88 Å². The lowest BCUT2D eigenvalue weighted by Crippen LogP contribution is -2.33. The van der Waals surface area contributed by atoms with Crippen molar-refractivity contribution in [3.8, 4) is 0 Å². The molecule has 0 bridgehead atoms. The molecule has 1 aliphatic heterocycles. The number of imidazole rings is 1. The van der Waals surface area contributed by atoms with Crippen molar-refractivity contribution in [2.24, 2.45) is 0 Å². The Morgan fingerprint density at radius 1 is 1.11 bits per heavy atom. The summed E-state index contributed by atoms with van der Waals surface area (Å²) in [6, 6.07) is 14.9. The molecule has 2 aromatic heterocycles. The van der Waals surface area contributed by atoms with E-state index >= 15 is 0 Å². The minimum absolute atomic E-state index is 0.139. The molecule has 1 unspecified atom stereocenters. The van der Waals surface area contributed by atoms with Crippen LogP contribution < -0.4 is 0 Å². The highest BCUT2D eigenvalue weighted by atomic mass is 32.1. The molecule has 0 radical (unpaired) electrons. The topological polar surface area (TPSA) is 78.2 Å². The van der Waals surface area contributed by atoms with E-state index in [0.29, 0.717) is 16.4 Å². The Morgan fingerprint density at radius 2 is 1.83 bits per heavy atom. The maximum Gasteiger partial charge on any atom is 0.290 e. The third-order valence-electron chi connectivity index (χ3n) is 6.54. The van der Waals surface area contributed by atoms with Crippen LogP contribution in [0.25, 0.3) is 16.0 Å². The van der Waals surface area contributed by atoms with Crippen molar-refractivity contribution in [1.82, 2.24) is 19.2 Å². The predicted molar refractivity (Wildman–Crippen MR) is 138 cm³/mol. The number of aliphatic hydroxyl groups excluding tert-OH is 1. The van der Waals surface area contributed by atoms with Gasteiger partial charge in [-0.05, 0) is 58.6 Å². The van der Waals surface area contributed by atoms with Crippen molar-refractivity contribution in [2.75, 3.05) is 27.2 Å². The minimum Gasteiger partial charge on any atom is -0.503 e. The number of nitrogens with zero attached hydrogens (tertiary/aromatic N) is 4. The van der Waals surface area contributed by atoms with Gasteiger partial charge in [-0.15, -0.1) is 0 Å². The Balaban J connectivity index is 1.59. The molecule has 0 saturated heterocycles. The Hall–Kier alpha value is -3.49. The highest BCUT2D eigenvalue weighted by Crippen LogP contribution is 2.41. The van der Waals surface area contributed by atoms with Crippen LogP contribution in [0.5, 0.6) is 0 Å². The van der Waals surface area contributed by atoms with Gasteiger partial charge >= 0.3 is 0 Å². The van der Waals surface area contributed by atoms with E-state index in [0.717, 1.165) is 40.8 Å². The van der Waals surface area contributed by atoms with Gasteiger partial charge in [-0.25, -0.2) is 4.98 Å². The number of benzene rings is 2. The number of aryl methyl sites for hydroxylation is 2. The normalized spacial score (nSPS) is 16.4. The van der Waals surface area contributed by atoms with Gasteiger partial charge in [0.1, 0.15) is 0 Å². The van der Waals surface area contributed by atoms with Crippen molar-refractivity contribution in [1.29, 1.82) is 0 Å². The average Bonchev–Trinajstić information content (AvgIpc) is 3.44. The highest BCUT2D eigenvalue weighted by molar-refractivity contribution is 7.19. The SMILES string of the molecule is Cc1ccc(C2C(C(=O)c3sc4nc5ccccc5n4c3C)=C(O)C(=O)N2CCCN(C)C)cc1. The fraction of sp³-hybridized carbons (Fsp3) is 0.296. The van der Waals surface area contributed by atoms with Crippen molar-refractivity contribution in [2.45, 2.75) is 26.3 Å². The molecule has 1 amide bonds. The van der Waals surface area contributed by atoms with E-state index in [1.54, 1.807) is 4.90 Å². The average molecular weight is 489 g/mol. The number of carbonyl (C=O) groups is 2. The number of aromatic nitrogens is 2. The highest BCUT2D eigenvalue weighted by Gasteiger charge is 2.44. The van der Waals surface area contributed by atoms with Crippen LogP contribution >= 0.6 is 11.3 Å². The first kappa shape index (κ1) is 23.3. The van der Waals surface area contributed by atoms with Crippen LogP contribution in [0, 0.1) is 13.8 Å². The molecule has 3 heterocycles. The molecule has 5 rings (SSSR count). The number of thiazole rings is 1. The standard InChI is InChI=1S/C27H28N4O3S/c1-16-10-12-18(13-11-16)22-21(24(33)26(34)30(22)15-7-14-29(3)4)23(32)25-17(2)31-20-9-6-5-8-19(20)28-27(31)35-25/h5-6,8-13,22,33H,7,14-15H2,1-4H3. The molecule has 1 atom stereocenters. The number of hydrogen-bond acceptors (Lipinski definition) is 6. The summed E-state index contributed by atoms with van der Waals surface area (Å²) < 4.78 is 1.97. The van der Waals surface area contributed by atoms with Gasteiger partial charge in [-0.1, -0.05) is 53.3 Å². The minimum atomic E-state index is -0.636. The molecule has 180 valence electrons. The maximum absolute atomic E-state index is 14.0. The van der Waals surface area contributed by atoms with Gasteiger partial charge in [0.05, 0.1) is 27.5 Å². The fourth-order valence-electron chi connectivity index (χ4n) is 4.76. The summed E-state index contributed by atoms with van der Waals surface area (Å²) >= 11 is 1.29. The molecule has 1 N–H and O–H groups in total. The summed E-state index contributed by atoms with van der Waals surface area (Å²) in [6.45, 7) is 5.11. The quantitative estimate of drug-likeness (QED) is 0.382. The van der Waals surface area contributed by atoms with Crippen LogP contribution in [0.1, 0.15) is 39.0 Å². The third-order valence-corrected chi connectivity index (χ3v) is 7.68. The van der Waals surface area contributed by atoms with E-state index in [4.69, 9.17) is 0 Å². The number of ketones is 1. The number of hydrogen-bond donors (Lipinski definition) is 1. The van der Waals surface area contributed by atoms with Gasteiger partial charge < -0.3 is 14.9 Å². The van der Waals surface area contributed by atoms with Gasteiger partial charge in [0, 0.05) is 12.2 Å². The molecule has 7 nitrogen and oxygen atoms in total. The number of fused-ring (bicyclic) bond motifs is 3. The molecule has 1 aliphatic rings. The number of carbonyl (C=O) groups excluding carboxylic acids is 2. The first-order valence-corrected chi connectivity index (χ1v) is 12.5. The van der Waals surface area contributed by atoms with E-state index in [1.807, 2.05) is 80.9 Å². The van der Waals surface area contributed by atoms with Gasteiger partial charge in [-0.2, -0.15) is 0 Å². The lowest BCUT2D eigenvalue weighted by Gasteiger charge is -2.27.